The van der Waals surface area contributed by atoms with E-state index in [1.165, 1.54) is 16.3 Å². The third-order valence-electron chi connectivity index (χ3n) is 10.5. The molecule has 4 aromatic heterocycles. The van der Waals surface area contributed by atoms with Gasteiger partial charge in [0.05, 0.1) is 39.0 Å². The zero-order valence-electron chi connectivity index (χ0n) is 28.6. The predicted molar refractivity (Wildman–Crippen MR) is 218 cm³/mol. The van der Waals surface area contributed by atoms with Crippen LogP contribution in [-0.2, 0) is 0 Å². The van der Waals surface area contributed by atoms with Crippen LogP contribution in [0.15, 0.2) is 188 Å². The normalized spacial score (nSPS) is 11.8. The highest BCUT2D eigenvalue weighted by molar-refractivity contribution is 6.23. The highest BCUT2D eigenvalue weighted by Crippen LogP contribution is 2.42. The molecule has 0 atom stereocenters. The van der Waals surface area contributed by atoms with Crippen molar-refractivity contribution in [2.75, 3.05) is 0 Å². The van der Waals surface area contributed by atoms with Gasteiger partial charge in [0.2, 0.25) is 5.95 Å². The van der Waals surface area contributed by atoms with Crippen molar-refractivity contribution in [3.05, 3.63) is 188 Å². The van der Waals surface area contributed by atoms with Crippen LogP contribution in [0.3, 0.4) is 0 Å². The Morgan fingerprint density at radius 2 is 0.887 bits per heavy atom. The Labute approximate surface area is 305 Å². The average molecular weight is 678 g/mol. The van der Waals surface area contributed by atoms with E-state index in [1.807, 2.05) is 12.1 Å². The number of hydrogen-bond acceptors (Lipinski definition) is 2. The molecule has 0 aliphatic carbocycles. The minimum atomic E-state index is 0.635. The first kappa shape index (κ1) is 29.5. The van der Waals surface area contributed by atoms with E-state index in [1.54, 1.807) is 0 Å². The second-order valence-corrected chi connectivity index (χ2v) is 13.5. The maximum absolute atomic E-state index is 5.38. The van der Waals surface area contributed by atoms with Crippen LogP contribution in [0, 0.1) is 0 Å². The molecular formula is C48H31N5. The summed E-state index contributed by atoms with van der Waals surface area (Å²) in [5.74, 6) is 0.635. The molecule has 0 aliphatic heterocycles. The summed E-state index contributed by atoms with van der Waals surface area (Å²) < 4.78 is 6.95. The molecule has 53 heavy (non-hydrogen) atoms. The fraction of sp³-hybridized carbons (Fsp3) is 0. The van der Waals surface area contributed by atoms with Crippen molar-refractivity contribution in [1.82, 2.24) is 23.7 Å². The topological polar surface area (TPSA) is 40.6 Å². The fourth-order valence-corrected chi connectivity index (χ4v) is 8.11. The van der Waals surface area contributed by atoms with Gasteiger partial charge < -0.3 is 9.13 Å². The van der Waals surface area contributed by atoms with Gasteiger partial charge in [-0.1, -0.05) is 121 Å². The summed E-state index contributed by atoms with van der Waals surface area (Å²) in [5, 5.41) is 5.82. The largest absolute Gasteiger partial charge is 0.316 e. The molecule has 0 spiro atoms. The maximum atomic E-state index is 5.38. The lowest BCUT2D eigenvalue weighted by Crippen LogP contribution is -2.04. The Morgan fingerprint density at radius 1 is 0.340 bits per heavy atom. The summed E-state index contributed by atoms with van der Waals surface area (Å²) >= 11 is 0. The first-order valence-electron chi connectivity index (χ1n) is 17.9. The molecule has 0 fully saturated rings. The van der Waals surface area contributed by atoms with E-state index >= 15 is 0 Å². The van der Waals surface area contributed by atoms with Gasteiger partial charge in [0.1, 0.15) is 0 Å². The Balaban J connectivity index is 1.30. The highest BCUT2D eigenvalue weighted by Gasteiger charge is 2.23. The quantitative estimate of drug-likeness (QED) is 0.182. The smallest absolute Gasteiger partial charge is 0.235 e. The molecule has 5 nitrogen and oxygen atoms in total. The van der Waals surface area contributed by atoms with Crippen LogP contribution >= 0.6 is 0 Å². The molecule has 5 heteroatoms. The van der Waals surface area contributed by atoms with Gasteiger partial charge in [-0.2, -0.15) is 0 Å². The van der Waals surface area contributed by atoms with Gasteiger partial charge >= 0.3 is 0 Å². The Kier molecular flexibility index (Phi) is 6.48. The molecule has 0 aliphatic rings. The monoisotopic (exact) mass is 677 g/mol. The maximum Gasteiger partial charge on any atom is 0.235 e. The number of hydrogen-bond donors (Lipinski definition) is 0. The molecule has 0 unspecified atom stereocenters. The van der Waals surface area contributed by atoms with Crippen molar-refractivity contribution in [3.8, 4) is 39.8 Å². The second kappa shape index (κ2) is 11.7. The lowest BCUT2D eigenvalue weighted by Gasteiger charge is -2.12. The van der Waals surface area contributed by atoms with Crippen LogP contribution in [0.1, 0.15) is 0 Å². The second-order valence-electron chi connectivity index (χ2n) is 13.5. The SMILES string of the molecule is c1ccc(-c2cc(-c3ccccc3)nc(-n3c4cc5c6ccccc6n(-c6ccccc6)c5cc4c4ccc5c(ccn5-c5ccccc5)c43)n2)cc1. The molecule has 11 aromatic rings. The van der Waals surface area contributed by atoms with Gasteiger partial charge in [0.15, 0.2) is 0 Å². The standard InChI is InChI=1S/C48H31N5/c1-5-15-32(16-6-1)41-31-42(33-17-7-2-8-18-33)50-48(49-41)53-46-29-39-36-23-13-14-24-44(36)52(35-21-11-4-12-22-35)45(39)30-40(46)37-25-26-43-38(47(37)53)27-28-51(43)34-19-9-3-10-20-34/h1-31H. The number of benzene rings is 7. The van der Waals surface area contributed by atoms with Gasteiger partial charge in [-0.05, 0) is 60.7 Å². The molecule has 0 N–H and O–H groups in total. The first-order chi connectivity index (χ1) is 26.3. The van der Waals surface area contributed by atoms with Gasteiger partial charge in [0.25, 0.3) is 0 Å². The number of nitrogens with zero attached hydrogens (tertiary/aromatic N) is 5. The van der Waals surface area contributed by atoms with Crippen LogP contribution in [0.5, 0.6) is 0 Å². The van der Waals surface area contributed by atoms with Gasteiger partial charge in [-0.25, -0.2) is 9.97 Å². The number of rotatable bonds is 5. The zero-order chi connectivity index (χ0) is 34.9. The Hall–Kier alpha value is -7.24. The summed E-state index contributed by atoms with van der Waals surface area (Å²) in [6.07, 6.45) is 2.17. The van der Waals surface area contributed by atoms with E-state index in [0.717, 1.165) is 72.1 Å². The van der Waals surface area contributed by atoms with E-state index in [0.29, 0.717) is 5.95 Å². The molecular weight excluding hydrogens is 647 g/mol. The van der Waals surface area contributed by atoms with Crippen LogP contribution in [-0.4, -0.2) is 23.7 Å². The highest BCUT2D eigenvalue weighted by atomic mass is 15.2. The van der Waals surface area contributed by atoms with Crippen molar-refractivity contribution in [2.45, 2.75) is 0 Å². The van der Waals surface area contributed by atoms with Gasteiger partial charge in [-0.15, -0.1) is 0 Å². The van der Waals surface area contributed by atoms with E-state index in [4.69, 9.17) is 9.97 Å². The van der Waals surface area contributed by atoms with Crippen molar-refractivity contribution >= 4 is 54.5 Å². The van der Waals surface area contributed by atoms with Crippen LogP contribution < -0.4 is 0 Å². The lowest BCUT2D eigenvalue weighted by molar-refractivity contribution is 0.998. The molecule has 7 aromatic carbocycles. The molecule has 0 saturated carbocycles. The minimum absolute atomic E-state index is 0.635. The number of aromatic nitrogens is 5. The fourth-order valence-electron chi connectivity index (χ4n) is 8.11. The first-order valence-corrected chi connectivity index (χ1v) is 17.9. The van der Waals surface area contributed by atoms with Gasteiger partial charge in [-0.3, -0.25) is 4.57 Å². The molecule has 4 heterocycles. The molecule has 0 saturated heterocycles. The Morgan fingerprint density at radius 3 is 1.55 bits per heavy atom. The third kappa shape index (κ3) is 4.57. The summed E-state index contributed by atoms with van der Waals surface area (Å²) in [6.45, 7) is 0. The van der Waals surface area contributed by atoms with E-state index in [2.05, 4.69) is 190 Å². The van der Waals surface area contributed by atoms with Crippen LogP contribution in [0.2, 0.25) is 0 Å². The minimum Gasteiger partial charge on any atom is -0.316 e. The lowest BCUT2D eigenvalue weighted by atomic mass is 10.1. The van der Waals surface area contributed by atoms with Crippen molar-refractivity contribution in [1.29, 1.82) is 0 Å². The summed E-state index contributed by atoms with van der Waals surface area (Å²) in [7, 11) is 0. The molecule has 11 rings (SSSR count). The van der Waals surface area contributed by atoms with E-state index in [-0.39, 0.29) is 0 Å². The van der Waals surface area contributed by atoms with E-state index < -0.39 is 0 Å². The summed E-state index contributed by atoms with van der Waals surface area (Å²) in [4.78, 5) is 10.8. The Bertz CT molecular complexity index is 3080. The third-order valence-corrected chi connectivity index (χ3v) is 10.5. The van der Waals surface area contributed by atoms with Crippen molar-refractivity contribution in [3.63, 3.8) is 0 Å². The van der Waals surface area contributed by atoms with Crippen LogP contribution in [0.4, 0.5) is 0 Å². The predicted octanol–water partition coefficient (Wildman–Crippen LogP) is 11.9. The average Bonchev–Trinajstić information content (AvgIpc) is 3.91. The van der Waals surface area contributed by atoms with Gasteiger partial charge in [0, 0.05) is 55.6 Å². The molecule has 0 radical (unpaired) electrons. The van der Waals surface area contributed by atoms with Crippen LogP contribution in [0.25, 0.3) is 94.4 Å². The van der Waals surface area contributed by atoms with E-state index in [9.17, 15) is 0 Å². The summed E-state index contributed by atoms with van der Waals surface area (Å²) in [6, 6.07) is 64.3. The number of fused-ring (bicyclic) bond motifs is 8. The molecule has 0 amide bonds. The molecule has 248 valence electrons. The molecule has 0 bridgehead atoms. The van der Waals surface area contributed by atoms with Crippen molar-refractivity contribution < 1.29 is 0 Å². The zero-order valence-corrected chi connectivity index (χ0v) is 28.6. The summed E-state index contributed by atoms with van der Waals surface area (Å²) in [5.41, 5.74) is 11.7. The van der Waals surface area contributed by atoms with Crippen molar-refractivity contribution in [2.24, 2.45) is 0 Å². The number of para-hydroxylation sites is 3.